The lowest BCUT2D eigenvalue weighted by atomic mass is 10.3. The molecule has 0 aliphatic heterocycles. The zero-order chi connectivity index (χ0) is 9.68. The summed E-state index contributed by atoms with van der Waals surface area (Å²) < 4.78 is 1.95. The van der Waals surface area contributed by atoms with Crippen molar-refractivity contribution in [3.05, 3.63) is 12.4 Å². The molecule has 1 aromatic heterocycles. The predicted molar refractivity (Wildman–Crippen MR) is 52.1 cm³/mol. The van der Waals surface area contributed by atoms with E-state index in [0.29, 0.717) is 6.42 Å². The van der Waals surface area contributed by atoms with Crippen LogP contribution in [0.15, 0.2) is 17.6 Å². The van der Waals surface area contributed by atoms with Gasteiger partial charge in [0.2, 0.25) is 0 Å². The third kappa shape index (κ3) is 3.09. The van der Waals surface area contributed by atoms with Gasteiger partial charge < -0.3 is 10.3 Å². The Hall–Kier alpha value is -0.990. The normalized spacial score (nSPS) is 12.4. The van der Waals surface area contributed by atoms with Crippen LogP contribution in [-0.2, 0) is 7.05 Å². The molecule has 1 atom stereocenters. The van der Waals surface area contributed by atoms with Crippen molar-refractivity contribution in [1.29, 1.82) is 5.26 Å². The summed E-state index contributed by atoms with van der Waals surface area (Å²) in [5.41, 5.74) is 5.45. The Bertz CT molecular complexity index is 301. The molecular weight excluding hydrogens is 184 g/mol. The Balaban J connectivity index is 2.29. The molecule has 0 saturated carbocycles. The van der Waals surface area contributed by atoms with E-state index in [2.05, 4.69) is 4.98 Å². The third-order valence-corrected chi connectivity index (χ3v) is 2.69. The summed E-state index contributed by atoms with van der Waals surface area (Å²) in [6.45, 7) is 0. The van der Waals surface area contributed by atoms with Crippen LogP contribution < -0.4 is 5.73 Å². The number of hydrogen-bond donors (Lipinski definition) is 1. The van der Waals surface area contributed by atoms with Crippen molar-refractivity contribution in [2.75, 3.05) is 5.75 Å². The molecule has 70 valence electrons. The van der Waals surface area contributed by atoms with Gasteiger partial charge in [-0.1, -0.05) is 11.8 Å². The molecule has 0 bridgehead atoms. The number of hydrogen-bond acceptors (Lipinski definition) is 4. The number of nitriles is 1. The molecule has 0 fully saturated rings. The van der Waals surface area contributed by atoms with E-state index in [1.807, 2.05) is 23.9 Å². The molecule has 0 aromatic carbocycles. The zero-order valence-electron chi connectivity index (χ0n) is 7.47. The van der Waals surface area contributed by atoms with Crippen LogP contribution in [-0.4, -0.2) is 21.3 Å². The van der Waals surface area contributed by atoms with Crippen molar-refractivity contribution in [2.45, 2.75) is 17.6 Å². The standard InChI is InChI=1S/C8H12N4S/c1-12-4-3-11-8(12)13-5-2-7(10)6-9/h3-4,7H,2,5,10H2,1H3. The quantitative estimate of drug-likeness (QED) is 0.722. The molecule has 0 saturated heterocycles. The van der Waals surface area contributed by atoms with Gasteiger partial charge in [-0.3, -0.25) is 0 Å². The Morgan fingerprint density at radius 1 is 1.85 bits per heavy atom. The first-order valence-electron chi connectivity index (χ1n) is 3.99. The lowest BCUT2D eigenvalue weighted by Gasteiger charge is -2.02. The number of nitrogens with zero attached hydrogens (tertiary/aromatic N) is 3. The van der Waals surface area contributed by atoms with Crippen LogP contribution in [0.3, 0.4) is 0 Å². The third-order valence-electron chi connectivity index (χ3n) is 1.60. The highest BCUT2D eigenvalue weighted by Crippen LogP contribution is 2.15. The van der Waals surface area contributed by atoms with Gasteiger partial charge in [0.15, 0.2) is 5.16 Å². The van der Waals surface area contributed by atoms with Gasteiger partial charge >= 0.3 is 0 Å². The molecular formula is C8H12N4S. The van der Waals surface area contributed by atoms with E-state index >= 15 is 0 Å². The van der Waals surface area contributed by atoms with Crippen molar-refractivity contribution in [3.63, 3.8) is 0 Å². The van der Waals surface area contributed by atoms with Gasteiger partial charge in [-0.2, -0.15) is 5.26 Å². The monoisotopic (exact) mass is 196 g/mol. The van der Waals surface area contributed by atoms with Gasteiger partial charge in [-0.25, -0.2) is 4.98 Å². The largest absolute Gasteiger partial charge is 0.329 e. The van der Waals surface area contributed by atoms with E-state index in [1.54, 1.807) is 18.0 Å². The molecule has 1 aromatic rings. The first kappa shape index (κ1) is 10.1. The molecule has 5 heteroatoms. The summed E-state index contributed by atoms with van der Waals surface area (Å²) in [6, 6.07) is 1.64. The Kier molecular flexibility index (Phi) is 3.80. The smallest absolute Gasteiger partial charge is 0.167 e. The van der Waals surface area contributed by atoms with Crippen LogP contribution in [0.1, 0.15) is 6.42 Å². The van der Waals surface area contributed by atoms with E-state index in [1.165, 1.54) is 0 Å². The lowest BCUT2D eigenvalue weighted by molar-refractivity contribution is 0.777. The minimum atomic E-state index is -0.354. The van der Waals surface area contributed by atoms with Crippen LogP contribution in [0.4, 0.5) is 0 Å². The van der Waals surface area contributed by atoms with Crippen molar-refractivity contribution in [1.82, 2.24) is 9.55 Å². The van der Waals surface area contributed by atoms with E-state index in [4.69, 9.17) is 11.0 Å². The molecule has 0 aliphatic rings. The predicted octanol–water partition coefficient (Wildman–Crippen LogP) is 0.753. The number of imidazole rings is 1. The molecule has 0 aliphatic carbocycles. The zero-order valence-corrected chi connectivity index (χ0v) is 8.29. The topological polar surface area (TPSA) is 67.6 Å². The van der Waals surface area contributed by atoms with Crippen molar-refractivity contribution >= 4 is 11.8 Å². The Labute approximate surface area is 81.8 Å². The van der Waals surface area contributed by atoms with Crippen LogP contribution in [0.5, 0.6) is 0 Å². The fourth-order valence-electron chi connectivity index (χ4n) is 0.833. The number of rotatable bonds is 4. The first-order chi connectivity index (χ1) is 6.24. The van der Waals surface area contributed by atoms with Crippen LogP contribution in [0.2, 0.25) is 0 Å². The van der Waals surface area contributed by atoms with E-state index < -0.39 is 0 Å². The molecule has 1 unspecified atom stereocenters. The van der Waals surface area contributed by atoms with Gasteiger partial charge in [0.25, 0.3) is 0 Å². The molecule has 0 spiro atoms. The lowest BCUT2D eigenvalue weighted by Crippen LogP contribution is -2.17. The molecule has 0 radical (unpaired) electrons. The second-order valence-corrected chi connectivity index (χ2v) is 3.76. The fourth-order valence-corrected chi connectivity index (χ4v) is 1.79. The summed E-state index contributed by atoms with van der Waals surface area (Å²) in [7, 11) is 1.94. The molecule has 1 heterocycles. The van der Waals surface area contributed by atoms with Crippen molar-refractivity contribution in [2.24, 2.45) is 12.8 Å². The maximum absolute atomic E-state index is 8.44. The molecule has 0 amide bonds. The minimum Gasteiger partial charge on any atom is -0.329 e. The minimum absolute atomic E-state index is 0.354. The first-order valence-corrected chi connectivity index (χ1v) is 4.98. The Morgan fingerprint density at radius 2 is 2.62 bits per heavy atom. The Morgan fingerprint density at radius 3 is 3.15 bits per heavy atom. The molecule has 13 heavy (non-hydrogen) atoms. The highest BCUT2D eigenvalue weighted by molar-refractivity contribution is 7.99. The second-order valence-electron chi connectivity index (χ2n) is 2.69. The van der Waals surface area contributed by atoms with Gasteiger partial charge in [0.05, 0.1) is 12.1 Å². The van der Waals surface area contributed by atoms with Gasteiger partial charge in [0, 0.05) is 25.2 Å². The summed E-state index contributed by atoms with van der Waals surface area (Å²) in [4.78, 5) is 4.14. The van der Waals surface area contributed by atoms with Gasteiger partial charge in [-0.15, -0.1) is 0 Å². The fraction of sp³-hybridized carbons (Fsp3) is 0.500. The number of aryl methyl sites for hydroxylation is 1. The maximum Gasteiger partial charge on any atom is 0.167 e. The summed E-state index contributed by atoms with van der Waals surface area (Å²) in [5.74, 6) is 0.833. The van der Waals surface area contributed by atoms with E-state index in [0.717, 1.165) is 10.9 Å². The number of nitrogens with two attached hydrogens (primary N) is 1. The van der Waals surface area contributed by atoms with Crippen molar-refractivity contribution in [3.8, 4) is 6.07 Å². The van der Waals surface area contributed by atoms with Crippen LogP contribution in [0, 0.1) is 11.3 Å². The maximum atomic E-state index is 8.44. The summed E-state index contributed by atoms with van der Waals surface area (Å²) in [5, 5.41) is 9.40. The average molecular weight is 196 g/mol. The molecule has 1 rings (SSSR count). The highest BCUT2D eigenvalue weighted by Gasteiger charge is 2.02. The SMILES string of the molecule is Cn1ccnc1SCCC(N)C#N. The van der Waals surface area contributed by atoms with Crippen LogP contribution >= 0.6 is 11.8 Å². The van der Waals surface area contributed by atoms with Gasteiger partial charge in [0.1, 0.15) is 0 Å². The van der Waals surface area contributed by atoms with E-state index in [-0.39, 0.29) is 6.04 Å². The number of thioether (sulfide) groups is 1. The molecule has 2 N–H and O–H groups in total. The second kappa shape index (κ2) is 4.90. The van der Waals surface area contributed by atoms with E-state index in [9.17, 15) is 0 Å². The summed E-state index contributed by atoms with van der Waals surface area (Å²) >= 11 is 1.62. The number of aromatic nitrogens is 2. The van der Waals surface area contributed by atoms with Crippen LogP contribution in [0.25, 0.3) is 0 Å². The highest BCUT2D eigenvalue weighted by atomic mass is 32.2. The van der Waals surface area contributed by atoms with Gasteiger partial charge in [-0.05, 0) is 6.42 Å². The van der Waals surface area contributed by atoms with Crippen molar-refractivity contribution < 1.29 is 0 Å². The summed E-state index contributed by atoms with van der Waals surface area (Å²) in [6.07, 6.45) is 4.35. The average Bonchev–Trinajstić information content (AvgIpc) is 2.52. The molecule has 4 nitrogen and oxygen atoms in total.